The Kier molecular flexibility index (Phi) is 5.76. The van der Waals surface area contributed by atoms with E-state index in [4.69, 9.17) is 12.2 Å². The molecule has 3 heteroatoms. The monoisotopic (exact) mass is 346 g/mol. The Morgan fingerprint density at radius 2 is 1.00 bits per heavy atom. The average Bonchev–Trinajstić information content (AvgIpc) is 2.48. The lowest BCUT2D eigenvalue weighted by Gasteiger charge is -2.29. The van der Waals surface area contributed by atoms with Gasteiger partial charge in [0.15, 0.2) is 0 Å². The van der Waals surface area contributed by atoms with Gasteiger partial charge >= 0.3 is 0 Å². The first-order valence-corrected chi connectivity index (χ1v) is 9.38. The van der Waals surface area contributed by atoms with Gasteiger partial charge in [0.2, 0.25) is 0 Å². The van der Waals surface area contributed by atoms with Crippen molar-refractivity contribution in [3.63, 3.8) is 0 Å². The van der Waals surface area contributed by atoms with Crippen molar-refractivity contribution in [2.24, 2.45) is 0 Å². The van der Waals surface area contributed by atoms with Crippen LogP contribution in [-0.4, -0.2) is 3.53 Å². The van der Waals surface area contributed by atoms with E-state index in [-0.39, 0.29) is 9.49 Å². The van der Waals surface area contributed by atoms with Gasteiger partial charge in [0.25, 0.3) is 0 Å². The van der Waals surface area contributed by atoms with E-state index in [1.807, 2.05) is 0 Å². The predicted octanol–water partition coefficient (Wildman–Crippen LogP) is 6.61. The summed E-state index contributed by atoms with van der Waals surface area (Å²) in [5, 5.41) is 0. The molecular formula is C19H22S3. The van der Waals surface area contributed by atoms with Crippen molar-refractivity contribution < 1.29 is 0 Å². The van der Waals surface area contributed by atoms with Gasteiger partial charge in [-0.1, -0.05) is 96.4 Å². The fraction of sp³-hybridized carbons (Fsp3) is 0.316. The maximum atomic E-state index is 5.68. The second-order valence-corrected chi connectivity index (χ2v) is 10.7. The number of hydrogen-bond acceptors (Lipinski definition) is 3. The number of thioether (sulfide) groups is 2. The second kappa shape index (κ2) is 7.20. The summed E-state index contributed by atoms with van der Waals surface area (Å²) in [6, 6.07) is 21.1. The molecule has 0 heterocycles. The van der Waals surface area contributed by atoms with E-state index in [9.17, 15) is 0 Å². The molecule has 0 nitrogen and oxygen atoms in total. The summed E-state index contributed by atoms with van der Waals surface area (Å²) in [6.07, 6.45) is 0. The SMILES string of the molecule is CC(C)(SC(=S)SC(C)(C)c1ccccc1)c1ccccc1. The van der Waals surface area contributed by atoms with Crippen LogP contribution in [-0.2, 0) is 9.49 Å². The Balaban J connectivity index is 2.07. The van der Waals surface area contributed by atoms with E-state index in [0.29, 0.717) is 0 Å². The molecule has 0 amide bonds. The quantitative estimate of drug-likeness (QED) is 0.572. The van der Waals surface area contributed by atoms with E-state index in [1.165, 1.54) is 11.1 Å². The highest BCUT2D eigenvalue weighted by molar-refractivity contribution is 8.47. The van der Waals surface area contributed by atoms with E-state index >= 15 is 0 Å². The molecule has 2 aromatic carbocycles. The normalized spacial score (nSPS) is 12.2. The molecule has 0 aromatic heterocycles. The Morgan fingerprint density at radius 3 is 1.32 bits per heavy atom. The third-order valence-corrected chi connectivity index (χ3v) is 6.44. The van der Waals surface area contributed by atoms with Crippen molar-refractivity contribution in [3.05, 3.63) is 71.8 Å². The molecule has 0 saturated heterocycles. The highest BCUT2D eigenvalue weighted by Crippen LogP contribution is 2.45. The van der Waals surface area contributed by atoms with Gasteiger partial charge in [-0.2, -0.15) is 0 Å². The van der Waals surface area contributed by atoms with E-state index in [2.05, 4.69) is 88.4 Å². The number of thiocarbonyl (C=S) groups is 1. The van der Waals surface area contributed by atoms with Crippen LogP contribution in [0, 0.1) is 0 Å². The van der Waals surface area contributed by atoms with Gasteiger partial charge in [-0.3, -0.25) is 0 Å². The molecule has 0 aliphatic rings. The van der Waals surface area contributed by atoms with Crippen LogP contribution in [0.5, 0.6) is 0 Å². The van der Waals surface area contributed by atoms with Gasteiger partial charge in [-0.05, 0) is 38.8 Å². The number of benzene rings is 2. The molecule has 0 bridgehead atoms. The van der Waals surface area contributed by atoms with Gasteiger partial charge in [0, 0.05) is 9.49 Å². The van der Waals surface area contributed by atoms with Crippen molar-refractivity contribution in [1.82, 2.24) is 0 Å². The molecular weight excluding hydrogens is 324 g/mol. The van der Waals surface area contributed by atoms with Crippen molar-refractivity contribution in [2.45, 2.75) is 37.2 Å². The highest BCUT2D eigenvalue weighted by atomic mass is 32.2. The van der Waals surface area contributed by atoms with Crippen LogP contribution in [0.2, 0.25) is 0 Å². The molecule has 0 aliphatic carbocycles. The van der Waals surface area contributed by atoms with Crippen molar-refractivity contribution in [2.75, 3.05) is 0 Å². The van der Waals surface area contributed by atoms with Crippen molar-refractivity contribution in [1.29, 1.82) is 0 Å². The molecule has 0 fully saturated rings. The van der Waals surface area contributed by atoms with Crippen LogP contribution < -0.4 is 0 Å². The first kappa shape index (κ1) is 17.6. The molecule has 0 unspecified atom stereocenters. The van der Waals surface area contributed by atoms with Crippen LogP contribution >= 0.6 is 35.7 Å². The Labute approximate surface area is 148 Å². The molecule has 0 radical (unpaired) electrons. The van der Waals surface area contributed by atoms with Crippen LogP contribution in [0.4, 0.5) is 0 Å². The fourth-order valence-electron chi connectivity index (χ4n) is 2.23. The van der Waals surface area contributed by atoms with E-state index in [0.717, 1.165) is 3.53 Å². The zero-order chi connectivity index (χ0) is 16.2. The fourth-order valence-corrected chi connectivity index (χ4v) is 6.24. The zero-order valence-corrected chi connectivity index (χ0v) is 15.9. The van der Waals surface area contributed by atoms with Crippen molar-refractivity contribution >= 4 is 39.3 Å². The maximum Gasteiger partial charge on any atom is 0.105 e. The minimum atomic E-state index is -0.0158. The number of rotatable bonds is 4. The molecule has 22 heavy (non-hydrogen) atoms. The highest BCUT2D eigenvalue weighted by Gasteiger charge is 2.28. The lowest BCUT2D eigenvalue weighted by Crippen LogP contribution is -2.17. The summed E-state index contributed by atoms with van der Waals surface area (Å²) < 4.78 is 0.957. The largest absolute Gasteiger partial charge is 0.105 e. The maximum absolute atomic E-state index is 5.68. The predicted molar refractivity (Wildman–Crippen MR) is 107 cm³/mol. The molecule has 0 aliphatic heterocycles. The zero-order valence-electron chi connectivity index (χ0n) is 13.5. The minimum absolute atomic E-state index is 0.0158. The van der Waals surface area contributed by atoms with Crippen LogP contribution in [0.3, 0.4) is 0 Å². The Morgan fingerprint density at radius 1 is 0.682 bits per heavy atom. The summed E-state index contributed by atoms with van der Waals surface area (Å²) in [7, 11) is 0. The minimum Gasteiger partial charge on any atom is -0.0967 e. The summed E-state index contributed by atoms with van der Waals surface area (Å²) in [5.74, 6) is 0. The molecule has 2 aromatic rings. The summed E-state index contributed by atoms with van der Waals surface area (Å²) >= 11 is 9.22. The second-order valence-electron chi connectivity index (χ2n) is 6.21. The molecule has 0 spiro atoms. The summed E-state index contributed by atoms with van der Waals surface area (Å²) in [5.41, 5.74) is 2.61. The average molecular weight is 347 g/mol. The molecule has 0 saturated carbocycles. The lowest BCUT2D eigenvalue weighted by atomic mass is 10.0. The van der Waals surface area contributed by atoms with Gasteiger partial charge in [0.1, 0.15) is 3.53 Å². The Hall–Kier alpha value is -0.770. The molecule has 0 atom stereocenters. The third-order valence-electron chi connectivity index (χ3n) is 3.61. The first-order valence-electron chi connectivity index (χ1n) is 7.34. The number of hydrogen-bond donors (Lipinski definition) is 0. The van der Waals surface area contributed by atoms with Crippen LogP contribution in [0.1, 0.15) is 38.8 Å². The van der Waals surface area contributed by atoms with Crippen molar-refractivity contribution in [3.8, 4) is 0 Å². The molecule has 116 valence electrons. The van der Waals surface area contributed by atoms with Gasteiger partial charge in [-0.25, -0.2) is 0 Å². The smallest absolute Gasteiger partial charge is 0.0967 e. The van der Waals surface area contributed by atoms with Gasteiger partial charge in [0.05, 0.1) is 0 Å². The molecule has 2 rings (SSSR count). The Bertz CT molecular complexity index is 560. The standard InChI is InChI=1S/C19H22S3/c1-18(2,15-11-7-5-8-12-15)21-17(20)22-19(3,4)16-13-9-6-10-14-16/h5-14H,1-4H3. The summed E-state index contributed by atoms with van der Waals surface area (Å²) in [6.45, 7) is 8.93. The van der Waals surface area contributed by atoms with Gasteiger partial charge < -0.3 is 0 Å². The van der Waals surface area contributed by atoms with E-state index < -0.39 is 0 Å². The lowest BCUT2D eigenvalue weighted by molar-refractivity contribution is 0.786. The van der Waals surface area contributed by atoms with E-state index in [1.54, 1.807) is 23.5 Å². The topological polar surface area (TPSA) is 0 Å². The van der Waals surface area contributed by atoms with Gasteiger partial charge in [-0.15, -0.1) is 0 Å². The summed E-state index contributed by atoms with van der Waals surface area (Å²) in [4.78, 5) is 0. The van der Waals surface area contributed by atoms with Crippen LogP contribution in [0.25, 0.3) is 0 Å². The molecule has 0 N–H and O–H groups in total. The van der Waals surface area contributed by atoms with Crippen LogP contribution in [0.15, 0.2) is 60.7 Å². The third kappa shape index (κ3) is 4.61. The first-order chi connectivity index (χ1) is 10.3.